The van der Waals surface area contributed by atoms with Crippen LogP contribution in [-0.2, 0) is 12.8 Å². The van der Waals surface area contributed by atoms with Crippen molar-refractivity contribution in [2.75, 3.05) is 0 Å². The first-order valence-electron chi connectivity index (χ1n) is 7.54. The summed E-state index contributed by atoms with van der Waals surface area (Å²) in [5, 5.41) is 0. The Morgan fingerprint density at radius 3 is 2.84 bits per heavy atom. The number of carbonyl (C=O) groups excluding carboxylic acids is 1. The van der Waals surface area contributed by atoms with Crippen LogP contribution < -0.4 is 0 Å². The maximum absolute atomic E-state index is 12.7. The van der Waals surface area contributed by atoms with Gasteiger partial charge in [-0.15, -0.1) is 0 Å². The van der Waals surface area contributed by atoms with Crippen molar-refractivity contribution < 1.29 is 4.79 Å². The van der Waals surface area contributed by atoms with Crippen molar-refractivity contribution in [2.45, 2.75) is 39.0 Å². The molecular formula is C18H20O. The molecule has 0 radical (unpaired) electrons. The molecule has 1 spiro atoms. The van der Waals surface area contributed by atoms with Crippen molar-refractivity contribution in [3.63, 3.8) is 0 Å². The molecule has 0 N–H and O–H groups in total. The van der Waals surface area contributed by atoms with E-state index in [1.165, 1.54) is 24.0 Å². The molecule has 1 aromatic rings. The average Bonchev–Trinajstić information content (AvgIpc) is 2.98. The number of carbonyl (C=O) groups is 1. The van der Waals surface area contributed by atoms with Crippen LogP contribution in [0.15, 0.2) is 30.4 Å². The SMILES string of the molecule is CCc1cccc2c1C(=O)CC1(C2)CC2C=CC1C2. The third-order valence-electron chi connectivity index (χ3n) is 5.58. The maximum Gasteiger partial charge on any atom is 0.164 e. The van der Waals surface area contributed by atoms with E-state index in [-0.39, 0.29) is 5.41 Å². The Balaban J connectivity index is 1.80. The molecule has 2 bridgehead atoms. The number of aryl methyl sites for hydroxylation is 1. The third kappa shape index (κ3) is 1.51. The topological polar surface area (TPSA) is 17.1 Å². The predicted octanol–water partition coefficient (Wildman–Crippen LogP) is 3.96. The Hall–Kier alpha value is -1.37. The maximum atomic E-state index is 12.7. The van der Waals surface area contributed by atoms with Crippen LogP contribution in [0.25, 0.3) is 0 Å². The van der Waals surface area contributed by atoms with E-state index in [2.05, 4.69) is 37.3 Å². The molecule has 0 heterocycles. The molecule has 3 unspecified atom stereocenters. The zero-order valence-corrected chi connectivity index (χ0v) is 11.5. The molecule has 19 heavy (non-hydrogen) atoms. The highest BCUT2D eigenvalue weighted by Gasteiger charge is 2.51. The Kier molecular flexibility index (Phi) is 2.30. The Morgan fingerprint density at radius 1 is 1.26 bits per heavy atom. The van der Waals surface area contributed by atoms with Crippen LogP contribution in [-0.4, -0.2) is 5.78 Å². The number of rotatable bonds is 1. The second-order valence-corrected chi connectivity index (χ2v) is 6.64. The van der Waals surface area contributed by atoms with Gasteiger partial charge in [0.15, 0.2) is 5.78 Å². The van der Waals surface area contributed by atoms with Crippen LogP contribution in [0.5, 0.6) is 0 Å². The first-order chi connectivity index (χ1) is 9.22. The Bertz CT molecular complexity index is 583. The molecule has 3 aliphatic carbocycles. The number of Topliss-reactive ketones (excluding diaryl/α,β-unsaturated/α-hetero) is 1. The fraction of sp³-hybridized carbons (Fsp3) is 0.500. The number of ketones is 1. The Labute approximate surface area is 114 Å². The van der Waals surface area contributed by atoms with Crippen molar-refractivity contribution in [3.05, 3.63) is 47.0 Å². The molecule has 3 aliphatic rings. The van der Waals surface area contributed by atoms with Crippen LogP contribution in [0.2, 0.25) is 0 Å². The highest BCUT2D eigenvalue weighted by atomic mass is 16.1. The van der Waals surface area contributed by atoms with Crippen LogP contribution >= 0.6 is 0 Å². The lowest BCUT2D eigenvalue weighted by Crippen LogP contribution is -2.36. The lowest BCUT2D eigenvalue weighted by molar-refractivity contribution is 0.0847. The first kappa shape index (κ1) is 11.5. The number of benzene rings is 1. The molecule has 1 aromatic carbocycles. The van der Waals surface area contributed by atoms with Gasteiger partial charge >= 0.3 is 0 Å². The molecule has 0 aromatic heterocycles. The lowest BCUT2D eigenvalue weighted by atomic mass is 9.63. The van der Waals surface area contributed by atoms with Gasteiger partial charge in [0.1, 0.15) is 0 Å². The van der Waals surface area contributed by atoms with Gasteiger partial charge in [-0.2, -0.15) is 0 Å². The molecule has 1 heteroatoms. The van der Waals surface area contributed by atoms with Crippen LogP contribution in [0.4, 0.5) is 0 Å². The van der Waals surface area contributed by atoms with Crippen molar-refractivity contribution in [1.29, 1.82) is 0 Å². The van der Waals surface area contributed by atoms with Crippen LogP contribution in [0.3, 0.4) is 0 Å². The van der Waals surface area contributed by atoms with E-state index in [4.69, 9.17) is 0 Å². The average molecular weight is 252 g/mol. The summed E-state index contributed by atoms with van der Waals surface area (Å²) in [7, 11) is 0. The minimum atomic E-state index is 0.260. The largest absolute Gasteiger partial charge is 0.294 e. The minimum absolute atomic E-state index is 0.260. The van der Waals surface area contributed by atoms with Gasteiger partial charge in [0.05, 0.1) is 0 Å². The molecule has 1 nitrogen and oxygen atoms in total. The second-order valence-electron chi connectivity index (χ2n) is 6.64. The van der Waals surface area contributed by atoms with Gasteiger partial charge in [-0.3, -0.25) is 4.79 Å². The summed E-state index contributed by atoms with van der Waals surface area (Å²) in [4.78, 5) is 12.7. The zero-order chi connectivity index (χ0) is 13.0. The highest BCUT2D eigenvalue weighted by Crippen LogP contribution is 2.57. The van der Waals surface area contributed by atoms with E-state index in [1.54, 1.807) is 0 Å². The molecular weight excluding hydrogens is 232 g/mol. The van der Waals surface area contributed by atoms with Crippen LogP contribution in [0, 0.1) is 17.3 Å². The Morgan fingerprint density at radius 2 is 2.16 bits per heavy atom. The fourth-order valence-electron chi connectivity index (χ4n) is 4.76. The lowest BCUT2D eigenvalue weighted by Gasteiger charge is -2.39. The van der Waals surface area contributed by atoms with Gasteiger partial charge in [0.25, 0.3) is 0 Å². The number of fused-ring (bicyclic) bond motifs is 4. The van der Waals surface area contributed by atoms with Crippen molar-refractivity contribution in [1.82, 2.24) is 0 Å². The molecule has 1 saturated carbocycles. The molecule has 1 fully saturated rings. The molecule has 0 aliphatic heterocycles. The van der Waals surface area contributed by atoms with E-state index in [9.17, 15) is 4.79 Å². The molecule has 0 amide bonds. The molecule has 98 valence electrons. The van der Waals surface area contributed by atoms with Crippen molar-refractivity contribution in [3.8, 4) is 0 Å². The van der Waals surface area contributed by atoms with Gasteiger partial charge in [-0.1, -0.05) is 37.3 Å². The standard InChI is InChI=1S/C18H20O/c1-2-13-4-3-5-14-10-18(11-16(19)17(13)14)9-12-6-7-15(18)8-12/h3-7,12,15H,2,8-11H2,1H3. The van der Waals surface area contributed by atoms with Gasteiger partial charge in [-0.05, 0) is 54.1 Å². The van der Waals surface area contributed by atoms with Gasteiger partial charge < -0.3 is 0 Å². The quantitative estimate of drug-likeness (QED) is 0.691. The van der Waals surface area contributed by atoms with E-state index < -0.39 is 0 Å². The van der Waals surface area contributed by atoms with E-state index in [0.29, 0.717) is 11.7 Å². The fourth-order valence-corrected chi connectivity index (χ4v) is 4.76. The molecule has 0 saturated heterocycles. The highest BCUT2D eigenvalue weighted by molar-refractivity contribution is 6.00. The summed E-state index contributed by atoms with van der Waals surface area (Å²) in [6.45, 7) is 2.15. The summed E-state index contributed by atoms with van der Waals surface area (Å²) in [6, 6.07) is 6.44. The number of allylic oxidation sites excluding steroid dienone is 2. The monoisotopic (exact) mass is 252 g/mol. The van der Waals surface area contributed by atoms with E-state index in [0.717, 1.165) is 30.7 Å². The van der Waals surface area contributed by atoms with Crippen LogP contribution in [0.1, 0.15) is 47.7 Å². The summed E-state index contributed by atoms with van der Waals surface area (Å²) < 4.78 is 0. The van der Waals surface area contributed by atoms with E-state index >= 15 is 0 Å². The van der Waals surface area contributed by atoms with Gasteiger partial charge in [0, 0.05) is 12.0 Å². The summed E-state index contributed by atoms with van der Waals surface area (Å²) in [5.74, 6) is 1.80. The summed E-state index contributed by atoms with van der Waals surface area (Å²) in [6.07, 6.45) is 10.1. The normalized spacial score (nSPS) is 35.1. The minimum Gasteiger partial charge on any atom is -0.294 e. The molecule has 3 atom stereocenters. The summed E-state index contributed by atoms with van der Waals surface area (Å²) >= 11 is 0. The smallest absolute Gasteiger partial charge is 0.164 e. The molecule has 4 rings (SSSR count). The van der Waals surface area contributed by atoms with Gasteiger partial charge in [0.2, 0.25) is 0 Å². The predicted molar refractivity (Wildman–Crippen MR) is 76.3 cm³/mol. The second kappa shape index (κ2) is 3.82. The van der Waals surface area contributed by atoms with Gasteiger partial charge in [-0.25, -0.2) is 0 Å². The van der Waals surface area contributed by atoms with Crippen molar-refractivity contribution >= 4 is 5.78 Å². The number of hydrogen-bond donors (Lipinski definition) is 0. The summed E-state index contributed by atoms with van der Waals surface area (Å²) in [5.41, 5.74) is 3.88. The van der Waals surface area contributed by atoms with Crippen molar-refractivity contribution in [2.24, 2.45) is 17.3 Å². The zero-order valence-electron chi connectivity index (χ0n) is 11.5. The third-order valence-corrected chi connectivity index (χ3v) is 5.58. The van der Waals surface area contributed by atoms with E-state index in [1.807, 2.05) is 0 Å². The number of hydrogen-bond acceptors (Lipinski definition) is 1. The first-order valence-corrected chi connectivity index (χ1v) is 7.54.